The van der Waals surface area contributed by atoms with Crippen molar-refractivity contribution in [3.05, 3.63) is 6.33 Å². The first-order valence-electron chi connectivity index (χ1n) is 6.65. The minimum absolute atomic E-state index is 0.0706. The molecule has 0 saturated carbocycles. The van der Waals surface area contributed by atoms with E-state index in [1.54, 1.807) is 13.1 Å². The van der Waals surface area contributed by atoms with Gasteiger partial charge in [-0.1, -0.05) is 0 Å². The molecule has 1 aliphatic rings. The zero-order chi connectivity index (χ0) is 15.2. The van der Waals surface area contributed by atoms with Gasteiger partial charge in [-0.3, -0.25) is 4.99 Å². The van der Waals surface area contributed by atoms with E-state index in [1.165, 1.54) is 13.0 Å². The summed E-state index contributed by atoms with van der Waals surface area (Å²) in [6.45, 7) is 3.65. The van der Waals surface area contributed by atoms with Crippen LogP contribution < -0.4 is 11.1 Å². The summed E-state index contributed by atoms with van der Waals surface area (Å²) in [4.78, 5) is 12.2. The second-order valence-electron chi connectivity index (χ2n) is 4.55. The van der Waals surface area contributed by atoms with Crippen LogP contribution in [0.2, 0.25) is 0 Å². The number of ether oxygens (including phenoxy) is 1. The van der Waals surface area contributed by atoms with E-state index in [0.29, 0.717) is 23.9 Å². The van der Waals surface area contributed by atoms with Crippen LogP contribution in [0, 0.1) is 0 Å². The molecular formula is C12H19N5O3P+. The highest BCUT2D eigenvalue weighted by atomic mass is 31.1. The second kappa shape index (κ2) is 7.40. The van der Waals surface area contributed by atoms with Crippen molar-refractivity contribution in [2.45, 2.75) is 32.1 Å². The lowest BCUT2D eigenvalue weighted by Crippen LogP contribution is -2.22. The van der Waals surface area contributed by atoms with Gasteiger partial charge in [0.05, 0.1) is 6.10 Å². The maximum Gasteiger partial charge on any atom is 0.504 e. The number of nitrogen functional groups attached to an aromatic ring is 1. The number of nitrogens with one attached hydrogen (secondary N) is 1. The molecule has 0 spiro atoms. The van der Waals surface area contributed by atoms with E-state index in [1.807, 2.05) is 0 Å². The summed E-state index contributed by atoms with van der Waals surface area (Å²) in [5, 5.41) is 3.16. The first-order valence-corrected chi connectivity index (χ1v) is 8.27. The SMILES string of the molecule is CC=Nc1c(N)ncnc1NC1CC[C@@H](CO[P+](C)=O)O1. The zero-order valence-electron chi connectivity index (χ0n) is 12.0. The molecule has 2 unspecified atom stereocenters. The van der Waals surface area contributed by atoms with E-state index in [4.69, 9.17) is 15.0 Å². The number of nitrogens with zero attached hydrogens (tertiary/aromatic N) is 3. The highest BCUT2D eigenvalue weighted by Crippen LogP contribution is 2.30. The van der Waals surface area contributed by atoms with Gasteiger partial charge in [0.25, 0.3) is 0 Å². The topological polar surface area (TPSA) is 112 Å². The Bertz CT molecular complexity index is 540. The molecule has 3 atom stereocenters. The molecule has 2 heterocycles. The van der Waals surface area contributed by atoms with Crippen molar-refractivity contribution < 1.29 is 13.8 Å². The third-order valence-electron chi connectivity index (χ3n) is 2.96. The summed E-state index contributed by atoms with van der Waals surface area (Å²) in [6.07, 6.45) is 4.36. The van der Waals surface area contributed by atoms with Crippen LogP contribution in [0.15, 0.2) is 11.3 Å². The Morgan fingerprint density at radius 1 is 1.62 bits per heavy atom. The van der Waals surface area contributed by atoms with Gasteiger partial charge in [-0.25, -0.2) is 9.97 Å². The van der Waals surface area contributed by atoms with E-state index in [2.05, 4.69) is 20.3 Å². The lowest BCUT2D eigenvalue weighted by molar-refractivity contribution is 0.0323. The fourth-order valence-electron chi connectivity index (χ4n) is 2.03. The van der Waals surface area contributed by atoms with Crippen LogP contribution in [-0.2, 0) is 13.8 Å². The zero-order valence-corrected chi connectivity index (χ0v) is 12.9. The van der Waals surface area contributed by atoms with Crippen LogP contribution in [0.25, 0.3) is 0 Å². The van der Waals surface area contributed by atoms with Gasteiger partial charge in [0.2, 0.25) is 0 Å². The monoisotopic (exact) mass is 312 g/mol. The lowest BCUT2D eigenvalue weighted by Gasteiger charge is -2.16. The standard InChI is InChI=1S/C12H19N5O3P/c1-3-14-10-11(13)15-7-16-12(10)17-9-5-4-8(20-9)6-19-21(2)18/h3,7-9H,4-6H2,1-2H3,(H3,13,15,16,17)/q+1/t8-,9?/m0/s1. The molecule has 1 saturated heterocycles. The summed E-state index contributed by atoms with van der Waals surface area (Å²) in [5.41, 5.74) is 6.29. The molecule has 9 heteroatoms. The van der Waals surface area contributed by atoms with Gasteiger partial charge in [0.1, 0.15) is 24.8 Å². The molecule has 0 amide bonds. The number of rotatable bonds is 6. The fourth-order valence-corrected chi connectivity index (χ4v) is 2.41. The molecule has 3 N–H and O–H groups in total. The van der Waals surface area contributed by atoms with E-state index in [-0.39, 0.29) is 12.3 Å². The van der Waals surface area contributed by atoms with Gasteiger partial charge >= 0.3 is 8.03 Å². The summed E-state index contributed by atoms with van der Waals surface area (Å²) in [7, 11) is -1.60. The summed E-state index contributed by atoms with van der Waals surface area (Å²) in [5.74, 6) is 0.847. The number of hydrogen-bond donors (Lipinski definition) is 2. The molecule has 21 heavy (non-hydrogen) atoms. The van der Waals surface area contributed by atoms with Crippen molar-refractivity contribution in [3.8, 4) is 0 Å². The fraction of sp³-hybridized carbons (Fsp3) is 0.583. The third-order valence-corrected chi connectivity index (χ3v) is 3.47. The Hall–Kier alpha value is -1.63. The van der Waals surface area contributed by atoms with Crippen molar-refractivity contribution in [3.63, 3.8) is 0 Å². The minimum Gasteiger partial charge on any atom is -0.382 e. The molecule has 114 valence electrons. The van der Waals surface area contributed by atoms with Gasteiger partial charge in [-0.15, -0.1) is 4.52 Å². The molecule has 1 fully saturated rings. The van der Waals surface area contributed by atoms with Crippen molar-refractivity contribution >= 4 is 31.6 Å². The normalized spacial score (nSPS) is 22.7. The van der Waals surface area contributed by atoms with Gasteiger partial charge in [-0.2, -0.15) is 0 Å². The predicted octanol–water partition coefficient (Wildman–Crippen LogP) is 2.09. The van der Waals surface area contributed by atoms with Crippen LogP contribution in [0.1, 0.15) is 19.8 Å². The number of aromatic nitrogens is 2. The average Bonchev–Trinajstić information content (AvgIpc) is 2.88. The van der Waals surface area contributed by atoms with Crippen LogP contribution in [0.4, 0.5) is 17.3 Å². The average molecular weight is 312 g/mol. The number of aliphatic imine (C=N–C) groups is 1. The Balaban J connectivity index is 1.97. The van der Waals surface area contributed by atoms with E-state index in [9.17, 15) is 4.57 Å². The van der Waals surface area contributed by atoms with E-state index in [0.717, 1.165) is 12.8 Å². The number of nitrogens with two attached hydrogens (primary N) is 1. The largest absolute Gasteiger partial charge is 0.504 e. The Morgan fingerprint density at radius 2 is 2.43 bits per heavy atom. The minimum atomic E-state index is -1.60. The third kappa shape index (κ3) is 4.42. The highest BCUT2D eigenvalue weighted by Gasteiger charge is 2.28. The maximum atomic E-state index is 10.9. The van der Waals surface area contributed by atoms with E-state index < -0.39 is 8.03 Å². The molecule has 1 aromatic heterocycles. The summed E-state index contributed by atoms with van der Waals surface area (Å²) in [6, 6.07) is 0. The van der Waals surface area contributed by atoms with Crippen molar-refractivity contribution in [2.75, 3.05) is 24.3 Å². The first kappa shape index (κ1) is 15.8. The van der Waals surface area contributed by atoms with Gasteiger partial charge in [0.15, 0.2) is 18.3 Å². The summed E-state index contributed by atoms with van der Waals surface area (Å²) < 4.78 is 21.8. The quantitative estimate of drug-likeness (QED) is 0.611. The maximum absolute atomic E-state index is 10.9. The van der Waals surface area contributed by atoms with Gasteiger partial charge < -0.3 is 15.8 Å². The molecule has 0 radical (unpaired) electrons. The molecule has 0 bridgehead atoms. The Morgan fingerprint density at radius 3 is 3.14 bits per heavy atom. The Kier molecular flexibility index (Phi) is 5.55. The van der Waals surface area contributed by atoms with Crippen molar-refractivity contribution in [1.82, 2.24) is 9.97 Å². The molecule has 0 aliphatic carbocycles. The molecule has 8 nitrogen and oxygen atoms in total. The van der Waals surface area contributed by atoms with E-state index >= 15 is 0 Å². The molecular weight excluding hydrogens is 293 g/mol. The van der Waals surface area contributed by atoms with Crippen LogP contribution >= 0.6 is 8.03 Å². The van der Waals surface area contributed by atoms with Gasteiger partial charge in [0, 0.05) is 6.21 Å². The smallest absolute Gasteiger partial charge is 0.382 e. The van der Waals surface area contributed by atoms with Crippen molar-refractivity contribution in [2.24, 2.45) is 4.99 Å². The number of hydrogen-bond acceptors (Lipinski definition) is 8. The molecule has 1 aliphatic heterocycles. The van der Waals surface area contributed by atoms with Crippen LogP contribution in [-0.4, -0.2) is 41.8 Å². The highest BCUT2D eigenvalue weighted by molar-refractivity contribution is 7.38. The lowest BCUT2D eigenvalue weighted by atomic mass is 10.2. The first-order chi connectivity index (χ1) is 10.1. The molecule has 0 aromatic carbocycles. The molecule has 1 aromatic rings. The second-order valence-corrected chi connectivity index (χ2v) is 5.68. The van der Waals surface area contributed by atoms with Crippen LogP contribution in [0.3, 0.4) is 0 Å². The van der Waals surface area contributed by atoms with Gasteiger partial charge in [-0.05, 0) is 24.3 Å². The molecule has 2 rings (SSSR count). The predicted molar refractivity (Wildman–Crippen MR) is 81.3 cm³/mol. The van der Waals surface area contributed by atoms with Crippen molar-refractivity contribution in [1.29, 1.82) is 0 Å². The van der Waals surface area contributed by atoms with Crippen LogP contribution in [0.5, 0.6) is 0 Å². The Labute approximate surface area is 124 Å². The summed E-state index contributed by atoms with van der Waals surface area (Å²) >= 11 is 0. The number of anilines is 2.